The van der Waals surface area contributed by atoms with Gasteiger partial charge in [-0.05, 0) is 51.4 Å². The van der Waals surface area contributed by atoms with Crippen molar-refractivity contribution in [2.45, 2.75) is 437 Å². The topological polar surface area (TPSA) is 0 Å². The molecule has 0 saturated carbocycles. The number of hydrogen-bond acceptors (Lipinski definition) is 0. The molecule has 2 unspecified atom stereocenters. The first-order valence-corrected chi connectivity index (χ1v) is 37.7. The summed E-state index contributed by atoms with van der Waals surface area (Å²) in [4.78, 5) is 0. The van der Waals surface area contributed by atoms with Gasteiger partial charge in [-0.15, -0.1) is 0 Å². The van der Waals surface area contributed by atoms with E-state index in [-0.39, 0.29) is 0 Å². The Morgan fingerprint density at radius 1 is 0.155 bits per heavy atom. The maximum Gasteiger partial charge on any atom is 0.0695 e. The lowest BCUT2D eigenvalue weighted by atomic mass is 10.0. The van der Waals surface area contributed by atoms with Gasteiger partial charge >= 0.3 is 0 Å². The summed E-state index contributed by atoms with van der Waals surface area (Å²) in [6.45, 7) is 15.2. The fraction of sp³-hybridized carbons (Fsp3) is 1.00. The van der Waals surface area contributed by atoms with Crippen molar-refractivity contribution < 1.29 is 0 Å². The average molecular weight is 1020 g/mol. The SMILES string of the molecule is CCCCCCCCCCCCCCCCCCC(CCCCCCCCCCCCCCC)[P+](C)(C)C(CCCCCCCCCCCCCCC)CCCCCCCCCCCCCCCCCC. The summed E-state index contributed by atoms with van der Waals surface area (Å²) in [6.07, 6.45) is 92.3. The molecule has 0 rings (SSSR count). The summed E-state index contributed by atoms with van der Waals surface area (Å²) < 4.78 is 0. The number of rotatable bonds is 64. The van der Waals surface area contributed by atoms with E-state index in [0.29, 0.717) is 0 Å². The van der Waals surface area contributed by atoms with Crippen molar-refractivity contribution >= 4 is 7.26 Å². The van der Waals surface area contributed by atoms with Crippen LogP contribution in [0, 0.1) is 0 Å². The van der Waals surface area contributed by atoms with E-state index < -0.39 is 7.26 Å². The van der Waals surface area contributed by atoms with Gasteiger partial charge in [0, 0.05) is 20.6 Å². The molecule has 0 amide bonds. The van der Waals surface area contributed by atoms with Crippen molar-refractivity contribution in [2.24, 2.45) is 0 Å². The molecule has 0 nitrogen and oxygen atoms in total. The smallest absolute Gasteiger partial charge is 0.0654 e. The highest BCUT2D eigenvalue weighted by molar-refractivity contribution is 7.75. The Morgan fingerprint density at radius 3 is 0.366 bits per heavy atom. The Balaban J connectivity index is 5.09. The second kappa shape index (κ2) is 61.3. The van der Waals surface area contributed by atoms with Crippen molar-refractivity contribution in [3.8, 4) is 0 Å². The molecule has 0 heterocycles. The minimum Gasteiger partial charge on any atom is -0.0654 e. The van der Waals surface area contributed by atoms with Gasteiger partial charge < -0.3 is 0 Å². The van der Waals surface area contributed by atoms with Gasteiger partial charge in [-0.2, -0.15) is 0 Å². The average Bonchev–Trinajstić information content (AvgIpc) is 3.37. The third-order valence-corrected chi connectivity index (χ3v) is 22.7. The highest BCUT2D eigenvalue weighted by Gasteiger charge is 2.42. The molecule has 428 valence electrons. The summed E-state index contributed by atoms with van der Waals surface area (Å²) in [5.74, 6) is 0. The third kappa shape index (κ3) is 53.6. The van der Waals surface area contributed by atoms with E-state index in [0.717, 1.165) is 11.3 Å². The minimum atomic E-state index is -1.01. The summed E-state index contributed by atoms with van der Waals surface area (Å²) >= 11 is 0. The molecule has 0 saturated heterocycles. The summed E-state index contributed by atoms with van der Waals surface area (Å²) in [5, 5.41) is 0. The van der Waals surface area contributed by atoms with Gasteiger partial charge in [0.2, 0.25) is 0 Å². The molecule has 0 fully saturated rings. The van der Waals surface area contributed by atoms with Crippen LogP contribution in [-0.4, -0.2) is 24.6 Å². The van der Waals surface area contributed by atoms with Crippen LogP contribution < -0.4 is 0 Å². The van der Waals surface area contributed by atoms with Crippen molar-refractivity contribution in [3.63, 3.8) is 0 Å². The van der Waals surface area contributed by atoms with Crippen LogP contribution in [0.3, 0.4) is 0 Å². The van der Waals surface area contributed by atoms with E-state index in [2.05, 4.69) is 41.0 Å². The van der Waals surface area contributed by atoms with Crippen LogP contribution in [0.1, 0.15) is 426 Å². The predicted molar refractivity (Wildman–Crippen MR) is 335 cm³/mol. The lowest BCUT2D eigenvalue weighted by molar-refractivity contribution is 0.502. The zero-order valence-corrected chi connectivity index (χ0v) is 52.3. The van der Waals surface area contributed by atoms with Gasteiger partial charge in [0.15, 0.2) is 0 Å². The minimum absolute atomic E-state index is 1.01. The fourth-order valence-electron chi connectivity index (χ4n) is 12.6. The van der Waals surface area contributed by atoms with Crippen LogP contribution in [0.5, 0.6) is 0 Å². The van der Waals surface area contributed by atoms with Crippen LogP contribution >= 0.6 is 7.26 Å². The summed E-state index contributed by atoms with van der Waals surface area (Å²) in [6, 6.07) is 0. The first-order chi connectivity index (χ1) is 35.0. The second-order valence-electron chi connectivity index (χ2n) is 25.2. The molecule has 1 heteroatoms. The predicted octanol–water partition coefficient (Wildman–Crippen LogP) is 27.3. The fourth-order valence-corrected chi connectivity index (χ4v) is 16.6. The molecule has 0 N–H and O–H groups in total. The normalized spacial score (nSPS) is 12.9. The quantitative estimate of drug-likeness (QED) is 0.0421. The third-order valence-electron chi connectivity index (χ3n) is 17.9. The van der Waals surface area contributed by atoms with E-state index in [1.807, 2.05) is 0 Å². The molecule has 0 bridgehead atoms. The summed E-state index contributed by atoms with van der Waals surface area (Å²) in [7, 11) is -1.01. The van der Waals surface area contributed by atoms with Gasteiger partial charge in [0.05, 0.1) is 11.3 Å². The number of unbranched alkanes of at least 4 members (excludes halogenated alkanes) is 54. The van der Waals surface area contributed by atoms with E-state index >= 15 is 0 Å². The maximum atomic E-state index is 2.91. The highest BCUT2D eigenvalue weighted by atomic mass is 31.2. The first kappa shape index (κ1) is 71.4. The van der Waals surface area contributed by atoms with Crippen LogP contribution in [0.4, 0.5) is 0 Å². The number of hydrogen-bond donors (Lipinski definition) is 0. The molecular formula is C70H144P+. The van der Waals surface area contributed by atoms with Crippen molar-refractivity contribution in [2.75, 3.05) is 13.3 Å². The van der Waals surface area contributed by atoms with Gasteiger partial charge in [-0.1, -0.05) is 374 Å². The largest absolute Gasteiger partial charge is 0.0695 e. The van der Waals surface area contributed by atoms with Crippen LogP contribution in [0.25, 0.3) is 0 Å². The molecule has 71 heavy (non-hydrogen) atoms. The first-order valence-electron chi connectivity index (χ1n) is 34.9. The van der Waals surface area contributed by atoms with E-state index in [9.17, 15) is 0 Å². The molecule has 2 atom stereocenters. The Hall–Kier alpha value is 0.430. The zero-order valence-electron chi connectivity index (χ0n) is 51.4. The van der Waals surface area contributed by atoms with Crippen molar-refractivity contribution in [1.29, 1.82) is 0 Å². The lowest BCUT2D eigenvalue weighted by Gasteiger charge is -2.36. The Bertz CT molecular complexity index is 851. The molecule has 0 aromatic carbocycles. The van der Waals surface area contributed by atoms with E-state index in [1.165, 1.54) is 372 Å². The monoisotopic (exact) mass is 1020 g/mol. The van der Waals surface area contributed by atoms with Crippen molar-refractivity contribution in [3.05, 3.63) is 0 Å². The second-order valence-corrected chi connectivity index (χ2v) is 29.9. The molecule has 0 aromatic heterocycles. The zero-order chi connectivity index (χ0) is 51.5. The standard InChI is InChI=1S/C70H144P/c1-7-11-15-19-23-27-31-35-37-39-43-47-51-55-59-63-67-69(65-61-57-53-49-45-41-33-29-25-21-17-13-9-3)71(5,6)70(66-62-58-54-50-46-42-34-30-26-22-18-14-10-4)68-64-60-56-52-48-44-40-38-36-32-28-24-20-16-12-8-2/h69-70H,7-68H2,1-6H3/q+1. The van der Waals surface area contributed by atoms with Crippen LogP contribution in [0.15, 0.2) is 0 Å². The maximum absolute atomic E-state index is 2.91. The Kier molecular flexibility index (Phi) is 61.7. The molecule has 0 aliphatic rings. The summed E-state index contributed by atoms with van der Waals surface area (Å²) in [5.41, 5.74) is 2.07. The van der Waals surface area contributed by atoms with E-state index in [4.69, 9.17) is 0 Å². The molecule has 0 spiro atoms. The molecule has 0 aliphatic carbocycles. The molecule has 0 aliphatic heterocycles. The van der Waals surface area contributed by atoms with Gasteiger partial charge in [0.25, 0.3) is 0 Å². The molecule has 0 radical (unpaired) electrons. The van der Waals surface area contributed by atoms with Crippen LogP contribution in [0.2, 0.25) is 0 Å². The Labute approximate surface area is 455 Å². The highest BCUT2D eigenvalue weighted by Crippen LogP contribution is 2.65. The van der Waals surface area contributed by atoms with Gasteiger partial charge in [-0.25, -0.2) is 0 Å². The van der Waals surface area contributed by atoms with E-state index in [1.54, 1.807) is 25.7 Å². The van der Waals surface area contributed by atoms with Crippen LogP contribution in [-0.2, 0) is 0 Å². The lowest BCUT2D eigenvalue weighted by Crippen LogP contribution is -2.24. The Morgan fingerprint density at radius 2 is 0.254 bits per heavy atom. The van der Waals surface area contributed by atoms with Gasteiger partial charge in [0.1, 0.15) is 0 Å². The molecule has 0 aromatic rings. The van der Waals surface area contributed by atoms with Crippen molar-refractivity contribution in [1.82, 2.24) is 0 Å². The van der Waals surface area contributed by atoms with Gasteiger partial charge in [-0.3, -0.25) is 0 Å². The molecular weight excluding hydrogens is 872 g/mol.